The Hall–Kier alpha value is -3.58. The van der Waals surface area contributed by atoms with Crippen molar-refractivity contribution in [3.05, 3.63) is 83.9 Å². The van der Waals surface area contributed by atoms with Gasteiger partial charge in [-0.2, -0.15) is 5.10 Å². The molecule has 0 aliphatic carbocycles. The van der Waals surface area contributed by atoms with Crippen molar-refractivity contribution in [1.82, 2.24) is 24.6 Å². The number of piperazine rings is 1. The second kappa shape index (κ2) is 9.11. The molecule has 5 rings (SSSR count). The Morgan fingerprint density at radius 1 is 0.970 bits per heavy atom. The Kier molecular flexibility index (Phi) is 5.88. The van der Waals surface area contributed by atoms with Gasteiger partial charge in [-0.3, -0.25) is 9.69 Å². The van der Waals surface area contributed by atoms with Crippen molar-refractivity contribution in [2.75, 3.05) is 26.2 Å². The summed E-state index contributed by atoms with van der Waals surface area (Å²) in [6.07, 6.45) is 1.77. The minimum Gasteiger partial charge on any atom is -0.339 e. The zero-order valence-electron chi connectivity index (χ0n) is 18.6. The summed E-state index contributed by atoms with van der Waals surface area (Å²) in [5, 5.41) is 5.62. The fraction of sp³-hybridized carbons (Fsp3) is 0.269. The normalized spacial score (nSPS) is 14.7. The number of aromatic nitrogens is 3. The molecule has 1 aliphatic rings. The number of fused-ring (bicyclic) bond motifs is 1. The second-order valence-corrected chi connectivity index (χ2v) is 8.41. The zero-order valence-corrected chi connectivity index (χ0v) is 18.6. The highest BCUT2D eigenvalue weighted by molar-refractivity contribution is 5.95. The highest BCUT2D eigenvalue weighted by Gasteiger charge is 2.23. The van der Waals surface area contributed by atoms with E-state index < -0.39 is 0 Å². The molecule has 0 unspecified atom stereocenters. The summed E-state index contributed by atoms with van der Waals surface area (Å²) in [6.45, 7) is 5.35. The molecule has 0 spiro atoms. The molecule has 7 heteroatoms. The number of carbonyl (C=O) groups is 1. The average molecular weight is 444 g/mol. The van der Waals surface area contributed by atoms with Gasteiger partial charge in [-0.25, -0.2) is 14.1 Å². The van der Waals surface area contributed by atoms with Crippen LogP contribution in [0.3, 0.4) is 0 Å². The number of carbonyl (C=O) groups excluding carboxylic acids is 1. The van der Waals surface area contributed by atoms with E-state index in [0.717, 1.165) is 40.9 Å². The number of rotatable bonds is 5. The number of hydrogen-bond donors (Lipinski definition) is 0. The van der Waals surface area contributed by atoms with Crippen molar-refractivity contribution in [1.29, 1.82) is 0 Å². The van der Waals surface area contributed by atoms with E-state index in [0.29, 0.717) is 25.2 Å². The van der Waals surface area contributed by atoms with Gasteiger partial charge >= 0.3 is 0 Å². The predicted octanol–water partition coefficient (Wildman–Crippen LogP) is 3.89. The van der Waals surface area contributed by atoms with E-state index >= 15 is 0 Å². The van der Waals surface area contributed by atoms with Crippen LogP contribution in [0, 0.1) is 12.7 Å². The molecule has 1 aliphatic heterocycles. The number of hydrogen-bond acceptors (Lipinski definition) is 4. The summed E-state index contributed by atoms with van der Waals surface area (Å²) in [6, 6.07) is 19.0. The summed E-state index contributed by atoms with van der Waals surface area (Å²) in [7, 11) is 0. The number of pyridine rings is 1. The minimum absolute atomic E-state index is 0.0249. The Bertz CT molecular complexity index is 1280. The summed E-state index contributed by atoms with van der Waals surface area (Å²) in [5.74, 6) is -0.156. The lowest BCUT2D eigenvalue weighted by Crippen LogP contribution is -2.49. The fourth-order valence-corrected chi connectivity index (χ4v) is 4.50. The van der Waals surface area contributed by atoms with Crippen LogP contribution in [-0.2, 0) is 17.9 Å². The van der Waals surface area contributed by atoms with E-state index in [1.54, 1.807) is 16.9 Å². The number of amides is 1. The summed E-state index contributed by atoms with van der Waals surface area (Å²) >= 11 is 0. The first-order valence-electron chi connectivity index (χ1n) is 11.2. The minimum atomic E-state index is -0.181. The smallest absolute Gasteiger partial charge is 0.244 e. The second-order valence-electron chi connectivity index (χ2n) is 8.41. The lowest BCUT2D eigenvalue weighted by Gasteiger charge is -2.34. The molecule has 0 bridgehead atoms. The molecule has 0 N–H and O–H groups in total. The summed E-state index contributed by atoms with van der Waals surface area (Å²) in [5.41, 5.74) is 4.44. The van der Waals surface area contributed by atoms with Crippen molar-refractivity contribution in [2.24, 2.45) is 0 Å². The van der Waals surface area contributed by atoms with Crippen molar-refractivity contribution < 1.29 is 9.18 Å². The Balaban J connectivity index is 1.28. The van der Waals surface area contributed by atoms with E-state index in [2.05, 4.69) is 27.1 Å². The van der Waals surface area contributed by atoms with Crippen molar-refractivity contribution in [3.8, 4) is 11.1 Å². The highest BCUT2D eigenvalue weighted by atomic mass is 19.1. The largest absolute Gasteiger partial charge is 0.339 e. The van der Waals surface area contributed by atoms with Gasteiger partial charge in [-0.05, 0) is 30.2 Å². The van der Waals surface area contributed by atoms with Crippen LogP contribution in [-0.4, -0.2) is 56.7 Å². The van der Waals surface area contributed by atoms with Gasteiger partial charge in [0.1, 0.15) is 12.4 Å². The van der Waals surface area contributed by atoms with E-state index in [4.69, 9.17) is 0 Å². The molecule has 1 fully saturated rings. The molecule has 1 saturated heterocycles. The average Bonchev–Trinajstić information content (AvgIpc) is 3.17. The summed E-state index contributed by atoms with van der Waals surface area (Å²) < 4.78 is 15.7. The molecule has 3 heterocycles. The molecule has 4 aromatic rings. The molecule has 1 amide bonds. The van der Waals surface area contributed by atoms with Gasteiger partial charge < -0.3 is 4.90 Å². The molecule has 6 nitrogen and oxygen atoms in total. The third-order valence-corrected chi connectivity index (χ3v) is 6.25. The van der Waals surface area contributed by atoms with Crippen molar-refractivity contribution >= 4 is 16.9 Å². The maximum atomic E-state index is 14.0. The molecule has 0 atom stereocenters. The van der Waals surface area contributed by atoms with Gasteiger partial charge in [-0.15, -0.1) is 0 Å². The standard InChI is InChI=1S/C26H26FN5O/c1-19-25-22(20-7-3-2-4-8-20)11-12-28-26(25)32(29-19)18-24(33)31-15-13-30(14-16-31)17-21-9-5-6-10-23(21)27/h2-12H,13-18H2,1H3. The van der Waals surface area contributed by atoms with E-state index in [-0.39, 0.29) is 18.3 Å². The van der Waals surface area contributed by atoms with Gasteiger partial charge in [0.25, 0.3) is 0 Å². The van der Waals surface area contributed by atoms with E-state index in [9.17, 15) is 9.18 Å². The van der Waals surface area contributed by atoms with Crippen LogP contribution in [0.4, 0.5) is 4.39 Å². The Labute approximate surface area is 192 Å². The monoisotopic (exact) mass is 443 g/mol. The molecule has 0 radical (unpaired) electrons. The topological polar surface area (TPSA) is 54.3 Å². The van der Waals surface area contributed by atoms with Crippen LogP contribution in [0.15, 0.2) is 66.9 Å². The van der Waals surface area contributed by atoms with Crippen LogP contribution in [0.2, 0.25) is 0 Å². The Morgan fingerprint density at radius 3 is 2.45 bits per heavy atom. The first kappa shape index (κ1) is 21.3. The van der Waals surface area contributed by atoms with Gasteiger partial charge in [0.15, 0.2) is 5.65 Å². The lowest BCUT2D eigenvalue weighted by atomic mass is 10.0. The number of benzene rings is 2. The van der Waals surface area contributed by atoms with Crippen LogP contribution in [0.25, 0.3) is 22.2 Å². The molecular weight excluding hydrogens is 417 g/mol. The van der Waals surface area contributed by atoms with Gasteiger partial charge in [0, 0.05) is 49.9 Å². The molecule has 33 heavy (non-hydrogen) atoms. The quantitative estimate of drug-likeness (QED) is 0.470. The van der Waals surface area contributed by atoms with Crippen LogP contribution in [0.5, 0.6) is 0 Å². The first-order chi connectivity index (χ1) is 16.1. The van der Waals surface area contributed by atoms with Crippen molar-refractivity contribution in [3.63, 3.8) is 0 Å². The SMILES string of the molecule is Cc1nn(CC(=O)N2CCN(Cc3ccccc3F)CC2)c2nccc(-c3ccccc3)c12. The molecule has 2 aromatic carbocycles. The maximum Gasteiger partial charge on any atom is 0.244 e. The van der Waals surface area contributed by atoms with Crippen LogP contribution < -0.4 is 0 Å². The Morgan fingerprint density at radius 2 is 1.70 bits per heavy atom. The third-order valence-electron chi connectivity index (χ3n) is 6.25. The van der Waals surface area contributed by atoms with Crippen molar-refractivity contribution in [2.45, 2.75) is 20.0 Å². The van der Waals surface area contributed by atoms with Crippen LogP contribution >= 0.6 is 0 Å². The predicted molar refractivity (Wildman–Crippen MR) is 126 cm³/mol. The maximum absolute atomic E-state index is 14.0. The number of nitrogens with zero attached hydrogens (tertiary/aromatic N) is 5. The molecule has 2 aromatic heterocycles. The first-order valence-corrected chi connectivity index (χ1v) is 11.2. The van der Waals surface area contributed by atoms with Crippen LogP contribution in [0.1, 0.15) is 11.3 Å². The molecule has 0 saturated carbocycles. The lowest BCUT2D eigenvalue weighted by molar-refractivity contribution is -0.133. The summed E-state index contributed by atoms with van der Waals surface area (Å²) in [4.78, 5) is 21.6. The van der Waals surface area contributed by atoms with E-state index in [1.807, 2.05) is 48.2 Å². The highest BCUT2D eigenvalue weighted by Crippen LogP contribution is 2.29. The zero-order chi connectivity index (χ0) is 22.8. The number of halogens is 1. The molecule has 168 valence electrons. The van der Waals surface area contributed by atoms with Gasteiger partial charge in [0.2, 0.25) is 5.91 Å². The van der Waals surface area contributed by atoms with Gasteiger partial charge in [0.05, 0.1) is 5.69 Å². The molecular formula is C26H26FN5O. The number of aryl methyl sites for hydroxylation is 1. The fourth-order valence-electron chi connectivity index (χ4n) is 4.50. The third kappa shape index (κ3) is 4.36. The van der Waals surface area contributed by atoms with E-state index in [1.165, 1.54) is 6.07 Å². The van der Waals surface area contributed by atoms with Gasteiger partial charge in [-0.1, -0.05) is 48.5 Å².